The Morgan fingerprint density at radius 3 is 2.48 bits per heavy atom. The number of aromatic nitrogens is 1. The zero-order chi connectivity index (χ0) is 19.8. The highest BCUT2D eigenvalue weighted by Gasteiger charge is 2.33. The van der Waals surface area contributed by atoms with E-state index in [1.165, 1.54) is 5.57 Å². The van der Waals surface area contributed by atoms with E-state index in [0.717, 1.165) is 48.2 Å². The number of nitrogens with one attached hydrogen (secondary N) is 1. The largest absolute Gasteiger partial charge is 0.338 e. The van der Waals surface area contributed by atoms with Crippen molar-refractivity contribution in [3.63, 3.8) is 0 Å². The van der Waals surface area contributed by atoms with Crippen molar-refractivity contribution in [2.24, 2.45) is 5.92 Å². The molecule has 1 aliphatic carbocycles. The van der Waals surface area contributed by atoms with Crippen LogP contribution in [0.15, 0.2) is 48.8 Å². The van der Waals surface area contributed by atoms with Gasteiger partial charge in [-0.15, -0.1) is 0 Å². The van der Waals surface area contributed by atoms with Gasteiger partial charge in [0.1, 0.15) is 0 Å². The van der Waals surface area contributed by atoms with Crippen LogP contribution in [0.2, 0.25) is 0 Å². The van der Waals surface area contributed by atoms with Gasteiger partial charge < -0.3 is 15.1 Å². The van der Waals surface area contributed by atoms with E-state index in [4.69, 9.17) is 0 Å². The third kappa shape index (κ3) is 3.75. The fourth-order valence-corrected chi connectivity index (χ4v) is 4.05. The third-order valence-corrected chi connectivity index (χ3v) is 5.97. The van der Waals surface area contributed by atoms with Crippen molar-refractivity contribution in [3.8, 4) is 0 Å². The average molecular weight is 388 g/mol. The molecule has 0 bridgehead atoms. The highest BCUT2D eigenvalue weighted by atomic mass is 16.2. The lowest BCUT2D eigenvalue weighted by atomic mass is 9.99. The predicted octanol–water partition coefficient (Wildman–Crippen LogP) is 3.66. The fourth-order valence-electron chi connectivity index (χ4n) is 4.05. The minimum Gasteiger partial charge on any atom is -0.338 e. The summed E-state index contributed by atoms with van der Waals surface area (Å²) in [6.45, 7) is 2.71. The monoisotopic (exact) mass is 388 g/mol. The second-order valence-corrected chi connectivity index (χ2v) is 8.05. The summed E-state index contributed by atoms with van der Waals surface area (Å²) in [6.07, 6.45) is 8.74. The van der Waals surface area contributed by atoms with Crippen LogP contribution in [-0.4, -0.2) is 39.8 Å². The quantitative estimate of drug-likeness (QED) is 0.873. The van der Waals surface area contributed by atoms with E-state index in [1.54, 1.807) is 11.1 Å². The molecule has 0 radical (unpaired) electrons. The first kappa shape index (κ1) is 17.9. The van der Waals surface area contributed by atoms with Crippen molar-refractivity contribution in [1.82, 2.24) is 14.8 Å². The molecule has 3 heterocycles. The molecule has 3 amide bonds. The summed E-state index contributed by atoms with van der Waals surface area (Å²) in [6, 6.07) is 9.85. The maximum Gasteiger partial charge on any atom is 0.322 e. The van der Waals surface area contributed by atoms with Crippen LogP contribution in [0.25, 0.3) is 5.57 Å². The summed E-state index contributed by atoms with van der Waals surface area (Å²) in [5, 5.41) is 2.98. The molecule has 1 aromatic heterocycles. The molecule has 0 spiro atoms. The van der Waals surface area contributed by atoms with E-state index in [1.807, 2.05) is 41.4 Å². The smallest absolute Gasteiger partial charge is 0.322 e. The molecule has 2 aromatic rings. The van der Waals surface area contributed by atoms with Crippen LogP contribution in [-0.2, 0) is 17.9 Å². The first-order valence-corrected chi connectivity index (χ1v) is 10.2. The molecule has 6 nitrogen and oxygen atoms in total. The SMILES string of the molecule is O=C(Nc1ccc(C2=CCN(C(=O)C3CC3)CC2)cc1)N1Cc2ccncc2C1. The van der Waals surface area contributed by atoms with Crippen molar-refractivity contribution in [2.45, 2.75) is 32.4 Å². The fraction of sp³-hybridized carbons (Fsp3) is 0.348. The zero-order valence-corrected chi connectivity index (χ0v) is 16.3. The summed E-state index contributed by atoms with van der Waals surface area (Å²) < 4.78 is 0. The molecule has 1 N–H and O–H groups in total. The van der Waals surface area contributed by atoms with Crippen LogP contribution in [0, 0.1) is 5.92 Å². The Bertz CT molecular complexity index is 954. The van der Waals surface area contributed by atoms with Crippen LogP contribution < -0.4 is 5.32 Å². The molecule has 1 saturated carbocycles. The van der Waals surface area contributed by atoms with Crippen LogP contribution in [0.3, 0.4) is 0 Å². The Kier molecular flexibility index (Phi) is 4.54. The predicted molar refractivity (Wildman–Crippen MR) is 111 cm³/mol. The first-order chi connectivity index (χ1) is 14.2. The lowest BCUT2D eigenvalue weighted by molar-refractivity contribution is -0.132. The number of amides is 3. The second-order valence-electron chi connectivity index (χ2n) is 8.05. The number of nitrogens with zero attached hydrogens (tertiary/aromatic N) is 3. The highest BCUT2D eigenvalue weighted by molar-refractivity contribution is 5.90. The zero-order valence-electron chi connectivity index (χ0n) is 16.3. The Morgan fingerprint density at radius 2 is 1.79 bits per heavy atom. The number of carbonyl (C=O) groups excluding carboxylic acids is 2. The molecule has 6 heteroatoms. The number of carbonyl (C=O) groups is 2. The summed E-state index contributed by atoms with van der Waals surface area (Å²) in [7, 11) is 0. The molecular formula is C23H24N4O2. The van der Waals surface area contributed by atoms with Gasteiger partial charge in [-0.3, -0.25) is 9.78 Å². The normalized spacial score (nSPS) is 18.3. The van der Waals surface area contributed by atoms with Gasteiger partial charge in [-0.25, -0.2) is 4.79 Å². The molecule has 2 aliphatic heterocycles. The number of hydrogen-bond donors (Lipinski definition) is 1. The van der Waals surface area contributed by atoms with Crippen molar-refractivity contribution < 1.29 is 9.59 Å². The van der Waals surface area contributed by atoms with Gasteiger partial charge in [0.2, 0.25) is 5.91 Å². The van der Waals surface area contributed by atoms with E-state index in [9.17, 15) is 9.59 Å². The average Bonchev–Trinajstić information content (AvgIpc) is 3.52. The number of urea groups is 1. The number of rotatable bonds is 3. The van der Waals surface area contributed by atoms with E-state index in [0.29, 0.717) is 25.5 Å². The molecular weight excluding hydrogens is 364 g/mol. The molecule has 1 aromatic carbocycles. The van der Waals surface area contributed by atoms with Crippen LogP contribution in [0.5, 0.6) is 0 Å². The third-order valence-electron chi connectivity index (χ3n) is 5.97. The lowest BCUT2D eigenvalue weighted by Crippen LogP contribution is -2.35. The minimum atomic E-state index is -0.0972. The summed E-state index contributed by atoms with van der Waals surface area (Å²) in [4.78, 5) is 32.6. The lowest BCUT2D eigenvalue weighted by Gasteiger charge is -2.27. The maximum absolute atomic E-state index is 12.6. The number of benzene rings is 1. The molecule has 29 heavy (non-hydrogen) atoms. The van der Waals surface area contributed by atoms with Gasteiger partial charge in [-0.1, -0.05) is 18.2 Å². The van der Waals surface area contributed by atoms with Crippen LogP contribution in [0.4, 0.5) is 10.5 Å². The molecule has 3 aliphatic rings. The van der Waals surface area contributed by atoms with Crippen molar-refractivity contribution in [1.29, 1.82) is 0 Å². The van der Waals surface area contributed by atoms with Gasteiger partial charge in [0.15, 0.2) is 0 Å². The summed E-state index contributed by atoms with van der Waals surface area (Å²) in [5.74, 6) is 0.603. The van der Waals surface area contributed by atoms with Crippen LogP contribution in [0.1, 0.15) is 36.0 Å². The van der Waals surface area contributed by atoms with Gasteiger partial charge in [0, 0.05) is 50.2 Å². The van der Waals surface area contributed by atoms with Gasteiger partial charge in [-0.05, 0) is 59.7 Å². The maximum atomic E-state index is 12.6. The van der Waals surface area contributed by atoms with Gasteiger partial charge in [0.05, 0.1) is 0 Å². The van der Waals surface area contributed by atoms with E-state index >= 15 is 0 Å². The summed E-state index contributed by atoms with van der Waals surface area (Å²) in [5.41, 5.74) is 5.47. The van der Waals surface area contributed by atoms with Gasteiger partial charge in [0.25, 0.3) is 0 Å². The summed E-state index contributed by atoms with van der Waals surface area (Å²) >= 11 is 0. The Labute approximate surface area is 170 Å². The van der Waals surface area contributed by atoms with Crippen molar-refractivity contribution in [2.75, 3.05) is 18.4 Å². The first-order valence-electron chi connectivity index (χ1n) is 10.2. The molecule has 0 unspecified atom stereocenters. The van der Waals surface area contributed by atoms with Crippen molar-refractivity contribution in [3.05, 3.63) is 65.5 Å². The standard InChI is InChI=1S/C23H24N4O2/c28-22(18-1-2-18)26-11-8-17(9-12-26)16-3-5-21(6-4-16)25-23(29)27-14-19-7-10-24-13-20(19)15-27/h3-8,10,13,18H,1-2,9,11-12,14-15H2,(H,25,29). The minimum absolute atomic E-state index is 0.0972. The Hall–Kier alpha value is -3.15. The topological polar surface area (TPSA) is 65.5 Å². The molecule has 0 atom stereocenters. The van der Waals surface area contributed by atoms with E-state index in [-0.39, 0.29) is 11.9 Å². The van der Waals surface area contributed by atoms with E-state index in [2.05, 4.69) is 16.4 Å². The molecule has 148 valence electrons. The van der Waals surface area contributed by atoms with Crippen LogP contribution >= 0.6 is 0 Å². The van der Waals surface area contributed by atoms with Gasteiger partial charge >= 0.3 is 6.03 Å². The molecule has 0 saturated heterocycles. The Balaban J connectivity index is 1.19. The second kappa shape index (κ2) is 7.35. The number of anilines is 1. The molecule has 1 fully saturated rings. The number of pyridine rings is 1. The highest BCUT2D eigenvalue weighted by Crippen LogP contribution is 2.33. The number of fused-ring (bicyclic) bond motifs is 1. The molecule has 5 rings (SSSR count). The van der Waals surface area contributed by atoms with Crippen molar-refractivity contribution >= 4 is 23.2 Å². The Morgan fingerprint density at radius 1 is 1.00 bits per heavy atom. The van der Waals surface area contributed by atoms with Gasteiger partial charge in [-0.2, -0.15) is 0 Å². The number of hydrogen-bond acceptors (Lipinski definition) is 3. The van der Waals surface area contributed by atoms with E-state index < -0.39 is 0 Å².